The van der Waals surface area contributed by atoms with Crippen molar-refractivity contribution in [3.63, 3.8) is 0 Å². The monoisotopic (exact) mass is 473 g/mol. The van der Waals surface area contributed by atoms with E-state index >= 15 is 0 Å². The molecule has 0 amide bonds. The lowest BCUT2D eigenvalue weighted by Crippen LogP contribution is -2.38. The number of aromatic nitrogens is 1. The van der Waals surface area contributed by atoms with Crippen LogP contribution in [0, 0.1) is 5.82 Å². The highest BCUT2D eigenvalue weighted by molar-refractivity contribution is 5.68. The molecule has 0 aliphatic carbocycles. The van der Waals surface area contributed by atoms with Crippen LogP contribution in [-0.2, 0) is 22.6 Å². The number of morpholine rings is 1. The zero-order valence-electron chi connectivity index (χ0n) is 19.7. The van der Waals surface area contributed by atoms with Crippen molar-refractivity contribution in [2.24, 2.45) is 0 Å². The predicted octanol–water partition coefficient (Wildman–Crippen LogP) is 3.70. The smallest absolute Gasteiger partial charge is 0.232 e. The standard InChI is InChI=1S/C25H32FN3O5/c1-18(2)33-17-21(30)14-28(15-22-4-3-11-32-22)16-23-24(19-5-7-20(26)8-6-19)27-34-25(23)29-9-12-31-13-10-29/h3-8,11,18,21,30H,9-10,12-17H2,1-2H3/t21-/m1/s1. The Balaban J connectivity index is 1.63. The van der Waals surface area contributed by atoms with E-state index in [1.54, 1.807) is 18.4 Å². The molecule has 1 N–H and O–H groups in total. The van der Waals surface area contributed by atoms with Crippen molar-refractivity contribution in [1.29, 1.82) is 0 Å². The maximum Gasteiger partial charge on any atom is 0.232 e. The zero-order valence-corrected chi connectivity index (χ0v) is 19.7. The highest BCUT2D eigenvalue weighted by Gasteiger charge is 2.27. The van der Waals surface area contributed by atoms with Gasteiger partial charge in [-0.2, -0.15) is 0 Å². The summed E-state index contributed by atoms with van der Waals surface area (Å²) in [4.78, 5) is 4.19. The Morgan fingerprint density at radius 1 is 1.15 bits per heavy atom. The molecule has 0 unspecified atom stereocenters. The van der Waals surface area contributed by atoms with E-state index in [-0.39, 0.29) is 18.5 Å². The number of hydrogen-bond donors (Lipinski definition) is 1. The Labute approximate surface area is 198 Å². The van der Waals surface area contributed by atoms with Crippen LogP contribution in [0.25, 0.3) is 11.3 Å². The minimum absolute atomic E-state index is 0.0317. The van der Waals surface area contributed by atoms with Gasteiger partial charge in [-0.15, -0.1) is 0 Å². The fourth-order valence-electron chi connectivity index (χ4n) is 3.98. The summed E-state index contributed by atoms with van der Waals surface area (Å²) in [5.41, 5.74) is 2.29. The molecule has 34 heavy (non-hydrogen) atoms. The third-order valence-electron chi connectivity index (χ3n) is 5.62. The molecule has 1 saturated heterocycles. The van der Waals surface area contributed by atoms with Gasteiger partial charge in [0.25, 0.3) is 0 Å². The van der Waals surface area contributed by atoms with E-state index < -0.39 is 6.10 Å². The maximum absolute atomic E-state index is 13.6. The first-order valence-electron chi connectivity index (χ1n) is 11.6. The third-order valence-corrected chi connectivity index (χ3v) is 5.62. The molecule has 9 heteroatoms. The van der Waals surface area contributed by atoms with Gasteiger partial charge < -0.3 is 28.4 Å². The Bertz CT molecular complexity index is 1000. The molecule has 0 radical (unpaired) electrons. The van der Waals surface area contributed by atoms with Crippen molar-refractivity contribution >= 4 is 5.88 Å². The molecule has 1 atom stereocenters. The number of aliphatic hydroxyl groups is 1. The molecular weight excluding hydrogens is 441 g/mol. The number of anilines is 1. The number of benzene rings is 1. The highest BCUT2D eigenvalue weighted by atomic mass is 19.1. The molecule has 1 aromatic carbocycles. The first-order valence-corrected chi connectivity index (χ1v) is 11.6. The van der Waals surface area contributed by atoms with E-state index in [0.29, 0.717) is 57.5 Å². The molecule has 1 aliphatic rings. The normalized spacial score (nSPS) is 15.4. The second-order valence-electron chi connectivity index (χ2n) is 8.71. The first-order chi connectivity index (χ1) is 16.5. The second kappa shape index (κ2) is 11.6. The van der Waals surface area contributed by atoms with E-state index in [1.165, 1.54) is 12.1 Å². The van der Waals surface area contributed by atoms with Crippen LogP contribution in [0.5, 0.6) is 0 Å². The lowest BCUT2D eigenvalue weighted by molar-refractivity contribution is -0.0113. The third kappa shape index (κ3) is 6.44. The van der Waals surface area contributed by atoms with Crippen LogP contribution < -0.4 is 4.90 Å². The van der Waals surface area contributed by atoms with Gasteiger partial charge in [-0.1, -0.05) is 5.16 Å². The molecule has 1 fully saturated rings. The van der Waals surface area contributed by atoms with Crippen molar-refractivity contribution in [2.45, 2.75) is 39.1 Å². The molecule has 0 spiro atoms. The summed E-state index contributed by atoms with van der Waals surface area (Å²) in [7, 11) is 0. The highest BCUT2D eigenvalue weighted by Crippen LogP contribution is 2.33. The van der Waals surface area contributed by atoms with E-state index in [0.717, 1.165) is 16.9 Å². The van der Waals surface area contributed by atoms with Gasteiger partial charge in [0.15, 0.2) is 0 Å². The van der Waals surface area contributed by atoms with Crippen molar-refractivity contribution in [2.75, 3.05) is 44.4 Å². The summed E-state index contributed by atoms with van der Waals surface area (Å²) in [5.74, 6) is 1.14. The van der Waals surface area contributed by atoms with Crippen molar-refractivity contribution in [3.05, 3.63) is 59.8 Å². The minimum atomic E-state index is -0.682. The number of halogens is 1. The first kappa shape index (κ1) is 24.4. The molecule has 4 rings (SSSR count). The molecule has 3 heterocycles. The minimum Gasteiger partial charge on any atom is -0.468 e. The number of ether oxygens (including phenoxy) is 2. The summed E-state index contributed by atoms with van der Waals surface area (Å²) in [6.45, 7) is 8.00. The van der Waals surface area contributed by atoms with Crippen molar-refractivity contribution in [3.8, 4) is 11.3 Å². The SMILES string of the molecule is CC(C)OC[C@H](O)CN(Cc1ccco1)Cc1c(-c2ccc(F)cc2)noc1N1CCOCC1. The molecule has 3 aromatic rings. The fraction of sp³-hybridized carbons (Fsp3) is 0.480. The maximum atomic E-state index is 13.6. The fourth-order valence-corrected chi connectivity index (χ4v) is 3.98. The van der Waals surface area contributed by atoms with Crippen molar-refractivity contribution in [1.82, 2.24) is 10.1 Å². The Kier molecular flexibility index (Phi) is 8.34. The number of aliphatic hydroxyl groups excluding tert-OH is 1. The summed E-state index contributed by atoms with van der Waals surface area (Å²) >= 11 is 0. The number of hydrogen-bond acceptors (Lipinski definition) is 8. The molecule has 184 valence electrons. The average molecular weight is 474 g/mol. The van der Waals surface area contributed by atoms with Gasteiger partial charge in [-0.25, -0.2) is 4.39 Å². The number of nitrogens with zero attached hydrogens (tertiary/aromatic N) is 3. The van der Waals surface area contributed by atoms with E-state index in [2.05, 4.69) is 15.0 Å². The lowest BCUT2D eigenvalue weighted by atomic mass is 10.1. The summed E-state index contributed by atoms with van der Waals surface area (Å²) in [6, 6.07) is 9.96. The van der Waals surface area contributed by atoms with E-state index in [9.17, 15) is 9.50 Å². The number of furan rings is 1. The average Bonchev–Trinajstić information content (AvgIpc) is 3.49. The van der Waals surface area contributed by atoms with Crippen LogP contribution in [0.1, 0.15) is 25.2 Å². The predicted molar refractivity (Wildman–Crippen MR) is 125 cm³/mol. The Hall–Kier alpha value is -2.72. The van der Waals surface area contributed by atoms with Gasteiger partial charge in [0, 0.05) is 31.7 Å². The number of rotatable bonds is 11. The topological polar surface area (TPSA) is 84.3 Å². The second-order valence-corrected chi connectivity index (χ2v) is 8.71. The summed E-state index contributed by atoms with van der Waals surface area (Å²) in [5, 5.41) is 15.0. The molecule has 0 bridgehead atoms. The van der Waals surface area contributed by atoms with Crippen LogP contribution in [-0.4, -0.2) is 66.8 Å². The van der Waals surface area contributed by atoms with Gasteiger partial charge in [0.1, 0.15) is 17.3 Å². The van der Waals surface area contributed by atoms with Crippen LogP contribution in [0.4, 0.5) is 10.3 Å². The van der Waals surface area contributed by atoms with Crippen LogP contribution >= 0.6 is 0 Å². The van der Waals surface area contributed by atoms with Gasteiger partial charge in [-0.3, -0.25) is 4.90 Å². The molecule has 2 aromatic heterocycles. The Morgan fingerprint density at radius 3 is 2.59 bits per heavy atom. The molecule has 0 saturated carbocycles. The largest absolute Gasteiger partial charge is 0.468 e. The molecule has 1 aliphatic heterocycles. The van der Waals surface area contributed by atoms with E-state index in [1.807, 2.05) is 26.0 Å². The summed E-state index contributed by atoms with van der Waals surface area (Å²) in [6.07, 6.45) is 0.983. The Morgan fingerprint density at radius 2 is 1.91 bits per heavy atom. The van der Waals surface area contributed by atoms with Gasteiger partial charge in [0.05, 0.1) is 50.4 Å². The molecule has 8 nitrogen and oxygen atoms in total. The zero-order chi connectivity index (χ0) is 23.9. The summed E-state index contributed by atoms with van der Waals surface area (Å²) < 4.78 is 36.1. The van der Waals surface area contributed by atoms with Gasteiger partial charge in [0.2, 0.25) is 5.88 Å². The van der Waals surface area contributed by atoms with Crippen LogP contribution in [0.2, 0.25) is 0 Å². The van der Waals surface area contributed by atoms with Gasteiger partial charge in [-0.05, 0) is 50.2 Å². The quantitative estimate of drug-likeness (QED) is 0.451. The van der Waals surface area contributed by atoms with Crippen molar-refractivity contribution < 1.29 is 27.9 Å². The van der Waals surface area contributed by atoms with E-state index in [4.69, 9.17) is 18.4 Å². The van der Waals surface area contributed by atoms with Crippen LogP contribution in [0.3, 0.4) is 0 Å². The molecular formula is C25H32FN3O5. The lowest BCUT2D eigenvalue weighted by Gasteiger charge is -2.29. The van der Waals surface area contributed by atoms with Gasteiger partial charge >= 0.3 is 0 Å². The van der Waals surface area contributed by atoms with Crippen LogP contribution in [0.15, 0.2) is 51.6 Å².